The van der Waals surface area contributed by atoms with Gasteiger partial charge >= 0.3 is 5.97 Å². The second-order valence-corrected chi connectivity index (χ2v) is 4.16. The maximum Gasteiger partial charge on any atom is 0.311 e. The Bertz CT molecular complexity index is 354. The van der Waals surface area contributed by atoms with Crippen molar-refractivity contribution < 1.29 is 9.90 Å². The largest absolute Gasteiger partial charge is 0.481 e. The van der Waals surface area contributed by atoms with E-state index in [1.807, 2.05) is 10.8 Å². The quantitative estimate of drug-likeness (QED) is 0.796. The van der Waals surface area contributed by atoms with Crippen molar-refractivity contribution in [3.8, 4) is 0 Å². The highest BCUT2D eigenvalue weighted by atomic mass is 16.4. The molecular formula is C11H17N3O2. The van der Waals surface area contributed by atoms with Crippen molar-refractivity contribution in [3.63, 3.8) is 0 Å². The molecule has 2 N–H and O–H groups in total. The average Bonchev–Trinajstić information content (AvgIpc) is 2.53. The van der Waals surface area contributed by atoms with E-state index >= 15 is 0 Å². The molecule has 0 spiro atoms. The van der Waals surface area contributed by atoms with Gasteiger partial charge in [-0.15, -0.1) is 0 Å². The molecule has 0 bridgehead atoms. The summed E-state index contributed by atoms with van der Waals surface area (Å²) in [5, 5.41) is 12.1. The average molecular weight is 223 g/mol. The van der Waals surface area contributed by atoms with E-state index in [2.05, 4.69) is 10.3 Å². The minimum absolute atomic E-state index is 0.0108. The van der Waals surface area contributed by atoms with Crippen LogP contribution in [0.2, 0.25) is 0 Å². The van der Waals surface area contributed by atoms with Gasteiger partial charge in [-0.3, -0.25) is 4.79 Å². The fourth-order valence-electron chi connectivity index (χ4n) is 2.23. The van der Waals surface area contributed by atoms with Crippen molar-refractivity contribution in [1.29, 1.82) is 0 Å². The van der Waals surface area contributed by atoms with Crippen LogP contribution in [0.15, 0.2) is 12.4 Å². The van der Waals surface area contributed by atoms with E-state index in [4.69, 9.17) is 5.11 Å². The monoisotopic (exact) mass is 223 g/mol. The first-order valence-electron chi connectivity index (χ1n) is 5.71. The van der Waals surface area contributed by atoms with E-state index in [0.717, 1.165) is 32.4 Å². The molecule has 0 saturated carbocycles. The molecule has 2 rings (SSSR count). The molecule has 1 unspecified atom stereocenters. The van der Waals surface area contributed by atoms with Gasteiger partial charge in [-0.05, 0) is 32.4 Å². The molecule has 1 fully saturated rings. The summed E-state index contributed by atoms with van der Waals surface area (Å²) in [7, 11) is 0. The first kappa shape index (κ1) is 11.1. The molecule has 1 aromatic heterocycles. The second kappa shape index (κ2) is 5.12. The minimum atomic E-state index is -0.820. The number of rotatable bonds is 3. The van der Waals surface area contributed by atoms with Crippen LogP contribution < -0.4 is 5.32 Å². The zero-order valence-corrected chi connectivity index (χ0v) is 9.22. The molecule has 0 aromatic carbocycles. The third-order valence-corrected chi connectivity index (χ3v) is 3.00. The number of nitrogens with one attached hydrogen (secondary N) is 1. The number of carboxylic acids is 1. The van der Waals surface area contributed by atoms with E-state index in [-0.39, 0.29) is 6.42 Å². The first-order valence-corrected chi connectivity index (χ1v) is 5.71. The van der Waals surface area contributed by atoms with Gasteiger partial charge in [-0.1, -0.05) is 0 Å². The number of carboxylic acid groups (broad SMARTS) is 1. The molecule has 5 heteroatoms. The van der Waals surface area contributed by atoms with Crippen LogP contribution in [0, 0.1) is 0 Å². The summed E-state index contributed by atoms with van der Waals surface area (Å²) in [5.74, 6) is -0.154. The van der Waals surface area contributed by atoms with Crippen molar-refractivity contribution in [2.45, 2.75) is 31.7 Å². The summed E-state index contributed by atoms with van der Waals surface area (Å²) in [6, 6.07) is 0.395. The van der Waals surface area contributed by atoms with Crippen LogP contribution in [0.4, 0.5) is 0 Å². The fourth-order valence-corrected chi connectivity index (χ4v) is 2.23. The van der Waals surface area contributed by atoms with E-state index in [1.165, 1.54) is 0 Å². The van der Waals surface area contributed by atoms with Gasteiger partial charge in [0.25, 0.3) is 0 Å². The normalized spacial score (nSPS) is 21.6. The van der Waals surface area contributed by atoms with Crippen molar-refractivity contribution in [2.24, 2.45) is 0 Å². The third-order valence-electron chi connectivity index (χ3n) is 3.00. The number of hydrogen-bond acceptors (Lipinski definition) is 3. The molecule has 1 aliphatic heterocycles. The molecule has 1 saturated heterocycles. The number of imidazole rings is 1. The molecular weight excluding hydrogens is 206 g/mol. The predicted octanol–water partition coefficient (Wildman–Crippen LogP) is 0.825. The highest BCUT2D eigenvalue weighted by Gasteiger charge is 2.17. The summed E-state index contributed by atoms with van der Waals surface area (Å²) in [5.41, 5.74) is 0. The maximum absolute atomic E-state index is 10.7. The van der Waals surface area contributed by atoms with Gasteiger partial charge in [0, 0.05) is 18.4 Å². The summed E-state index contributed by atoms with van der Waals surface area (Å²) >= 11 is 0. The van der Waals surface area contributed by atoms with Crippen LogP contribution >= 0.6 is 0 Å². The van der Waals surface area contributed by atoms with E-state index in [9.17, 15) is 4.79 Å². The van der Waals surface area contributed by atoms with Gasteiger partial charge < -0.3 is 15.0 Å². The lowest BCUT2D eigenvalue weighted by Gasteiger charge is -2.17. The predicted molar refractivity (Wildman–Crippen MR) is 59.3 cm³/mol. The summed E-state index contributed by atoms with van der Waals surface area (Å²) in [6.45, 7) is 2.05. The SMILES string of the molecule is O=C(O)Cc1nccn1C1CCCNCC1. The van der Waals surface area contributed by atoms with Gasteiger partial charge in [-0.25, -0.2) is 4.98 Å². The number of nitrogens with zero attached hydrogens (tertiary/aromatic N) is 2. The zero-order valence-electron chi connectivity index (χ0n) is 9.22. The molecule has 2 heterocycles. The van der Waals surface area contributed by atoms with Crippen LogP contribution in [0.25, 0.3) is 0 Å². The Balaban J connectivity index is 2.11. The maximum atomic E-state index is 10.7. The lowest BCUT2D eigenvalue weighted by Crippen LogP contribution is -2.17. The molecule has 5 nitrogen and oxygen atoms in total. The Morgan fingerprint density at radius 1 is 1.56 bits per heavy atom. The van der Waals surface area contributed by atoms with E-state index < -0.39 is 5.97 Å². The van der Waals surface area contributed by atoms with Crippen LogP contribution in [0.3, 0.4) is 0 Å². The molecule has 1 atom stereocenters. The molecule has 88 valence electrons. The number of hydrogen-bond donors (Lipinski definition) is 2. The third kappa shape index (κ3) is 2.61. The Labute approximate surface area is 94.5 Å². The van der Waals surface area contributed by atoms with Crippen molar-refractivity contribution in [1.82, 2.24) is 14.9 Å². The standard InChI is InChI=1S/C11H17N3O2/c15-11(16)8-10-13-6-7-14(10)9-2-1-4-12-5-3-9/h6-7,9,12H,1-5,8H2,(H,15,16). The number of carbonyl (C=O) groups is 1. The lowest BCUT2D eigenvalue weighted by atomic mass is 10.1. The molecule has 1 aliphatic rings. The Hall–Kier alpha value is -1.36. The van der Waals surface area contributed by atoms with Gasteiger partial charge in [0.15, 0.2) is 0 Å². The Morgan fingerprint density at radius 2 is 2.44 bits per heavy atom. The first-order chi connectivity index (χ1) is 7.77. The molecule has 0 radical (unpaired) electrons. The zero-order chi connectivity index (χ0) is 11.4. The van der Waals surface area contributed by atoms with Gasteiger partial charge in [-0.2, -0.15) is 0 Å². The van der Waals surface area contributed by atoms with E-state index in [0.29, 0.717) is 11.9 Å². The summed E-state index contributed by atoms with van der Waals surface area (Å²) < 4.78 is 2.03. The summed E-state index contributed by atoms with van der Waals surface area (Å²) in [4.78, 5) is 14.8. The van der Waals surface area contributed by atoms with Gasteiger partial charge in [0.2, 0.25) is 0 Å². The van der Waals surface area contributed by atoms with Crippen molar-refractivity contribution >= 4 is 5.97 Å². The summed E-state index contributed by atoms with van der Waals surface area (Å²) in [6.07, 6.45) is 6.87. The molecule has 1 aromatic rings. The topological polar surface area (TPSA) is 67.1 Å². The van der Waals surface area contributed by atoms with Crippen molar-refractivity contribution in [3.05, 3.63) is 18.2 Å². The van der Waals surface area contributed by atoms with Crippen LogP contribution in [0.5, 0.6) is 0 Å². The van der Waals surface area contributed by atoms with Crippen LogP contribution in [0.1, 0.15) is 31.1 Å². The molecule has 0 amide bonds. The van der Waals surface area contributed by atoms with E-state index in [1.54, 1.807) is 6.20 Å². The number of aromatic nitrogens is 2. The number of aliphatic carboxylic acids is 1. The van der Waals surface area contributed by atoms with Gasteiger partial charge in [0.1, 0.15) is 12.2 Å². The second-order valence-electron chi connectivity index (χ2n) is 4.16. The fraction of sp³-hybridized carbons (Fsp3) is 0.636. The van der Waals surface area contributed by atoms with Gasteiger partial charge in [0.05, 0.1) is 0 Å². The Morgan fingerprint density at radius 3 is 3.25 bits per heavy atom. The molecule has 0 aliphatic carbocycles. The van der Waals surface area contributed by atoms with Crippen LogP contribution in [-0.2, 0) is 11.2 Å². The van der Waals surface area contributed by atoms with Crippen LogP contribution in [-0.4, -0.2) is 33.7 Å². The Kier molecular flexibility index (Phi) is 3.56. The molecule has 16 heavy (non-hydrogen) atoms. The highest BCUT2D eigenvalue weighted by Crippen LogP contribution is 2.21. The smallest absolute Gasteiger partial charge is 0.311 e. The van der Waals surface area contributed by atoms with Crippen molar-refractivity contribution in [2.75, 3.05) is 13.1 Å². The highest BCUT2D eigenvalue weighted by molar-refractivity contribution is 5.69. The lowest BCUT2D eigenvalue weighted by molar-refractivity contribution is -0.136. The minimum Gasteiger partial charge on any atom is -0.481 e.